The van der Waals surface area contributed by atoms with Crippen molar-refractivity contribution in [2.75, 3.05) is 13.1 Å². The molecule has 2 aromatic carbocycles. The Morgan fingerprint density at radius 2 is 1.16 bits per heavy atom. The van der Waals surface area contributed by atoms with Crippen molar-refractivity contribution in [1.82, 2.24) is 21.3 Å². The second kappa shape index (κ2) is 25.0. The molecule has 0 heterocycles. The average molecular weight is 799 g/mol. The Balaban J connectivity index is 2.07. The standard InChI is InChI=1S/C38H47FN6O12/c1-23(35(50)51)31(36(52)53)32(33(48)44-29(46)16-8-14-26(42-19-18-40)37(54)56-21-24-10-4-2-5-11-24)34(49)45-30(47)17-9-15-27(43-20-28(39)41)38(55)57-22-25-12-6-3-7-13-25/h2-7,10-13,18,23,26-27,31-32,40-43H,8-9,14-17,19-22H2,1H3,(H,50,51)(H,52,53)(H,44,46,48)(H,45,47,49). The first-order valence-electron chi connectivity index (χ1n) is 17.9. The van der Waals surface area contributed by atoms with Crippen LogP contribution in [-0.4, -0.2) is 95.1 Å². The molecule has 0 fully saturated rings. The third-order valence-corrected chi connectivity index (χ3v) is 8.44. The molecule has 4 amide bonds. The molecule has 2 aromatic rings. The molecule has 19 heteroatoms. The van der Waals surface area contributed by atoms with Crippen molar-refractivity contribution in [3.8, 4) is 0 Å². The van der Waals surface area contributed by atoms with E-state index in [1.807, 2.05) is 10.6 Å². The SMILES string of the molecule is CC(C(=O)O)C(C(=O)O)C(C(=O)NC(=O)CCCC(NCC=N)C(=O)OCc1ccccc1)C(=O)NC(=O)CCCC(NCC(=N)F)C(=O)OCc1ccccc1. The number of nitrogens with one attached hydrogen (secondary N) is 6. The molecule has 0 bridgehead atoms. The normalized spacial score (nSPS) is 13.4. The van der Waals surface area contributed by atoms with E-state index in [2.05, 4.69) is 10.6 Å². The lowest BCUT2D eigenvalue weighted by atomic mass is 9.81. The molecular formula is C38H47FN6O12. The summed E-state index contributed by atoms with van der Waals surface area (Å²) in [5.74, 6) is -17.8. The van der Waals surface area contributed by atoms with Gasteiger partial charge in [0.05, 0.1) is 18.4 Å². The Hall–Kier alpha value is -6.21. The van der Waals surface area contributed by atoms with E-state index in [0.717, 1.165) is 18.7 Å². The Morgan fingerprint density at radius 1 is 0.719 bits per heavy atom. The Kier molecular flexibility index (Phi) is 20.6. The van der Waals surface area contributed by atoms with E-state index >= 15 is 0 Å². The van der Waals surface area contributed by atoms with Crippen LogP contribution < -0.4 is 21.3 Å². The summed E-state index contributed by atoms with van der Waals surface area (Å²) < 4.78 is 23.7. The van der Waals surface area contributed by atoms with Gasteiger partial charge in [-0.1, -0.05) is 67.6 Å². The maximum absolute atomic E-state index is 13.3. The minimum absolute atomic E-state index is 0.00667. The van der Waals surface area contributed by atoms with Gasteiger partial charge in [0.15, 0.2) is 5.97 Å². The van der Waals surface area contributed by atoms with Crippen LogP contribution in [0.3, 0.4) is 0 Å². The fraction of sp³-hybridized carbons (Fsp3) is 0.421. The second-order valence-corrected chi connectivity index (χ2v) is 12.8. The van der Waals surface area contributed by atoms with Crippen LogP contribution in [0.1, 0.15) is 56.6 Å². The number of aliphatic carboxylic acids is 2. The Bertz CT molecular complexity index is 1730. The summed E-state index contributed by atoms with van der Waals surface area (Å²) in [6.07, 6.45) is -0.176. The van der Waals surface area contributed by atoms with Crippen molar-refractivity contribution in [2.45, 2.75) is 70.7 Å². The van der Waals surface area contributed by atoms with Gasteiger partial charge in [-0.3, -0.25) is 65.0 Å². The number of carboxylic acid groups (broad SMARTS) is 2. The van der Waals surface area contributed by atoms with E-state index in [-0.39, 0.29) is 45.4 Å². The number of halogens is 1. The number of rotatable bonds is 26. The summed E-state index contributed by atoms with van der Waals surface area (Å²) in [5.41, 5.74) is 1.39. The third kappa shape index (κ3) is 17.4. The molecular weight excluding hydrogens is 751 g/mol. The van der Waals surface area contributed by atoms with Crippen LogP contribution in [0.2, 0.25) is 0 Å². The molecule has 5 unspecified atom stereocenters. The van der Waals surface area contributed by atoms with E-state index in [1.165, 1.54) is 0 Å². The van der Waals surface area contributed by atoms with Gasteiger partial charge in [0, 0.05) is 25.6 Å². The summed E-state index contributed by atoms with van der Waals surface area (Å²) in [5, 5.41) is 42.7. The van der Waals surface area contributed by atoms with Gasteiger partial charge in [-0.25, -0.2) is 0 Å². The largest absolute Gasteiger partial charge is 0.481 e. The average Bonchev–Trinajstić information content (AvgIpc) is 3.17. The van der Waals surface area contributed by atoms with E-state index in [9.17, 15) is 53.0 Å². The van der Waals surface area contributed by atoms with Crippen LogP contribution >= 0.6 is 0 Å². The predicted molar refractivity (Wildman–Crippen MR) is 199 cm³/mol. The molecule has 0 aliphatic carbocycles. The van der Waals surface area contributed by atoms with E-state index in [4.69, 9.17) is 20.3 Å². The Morgan fingerprint density at radius 3 is 1.54 bits per heavy atom. The molecule has 0 saturated heterocycles. The number of ether oxygens (including phenoxy) is 2. The van der Waals surface area contributed by atoms with Crippen molar-refractivity contribution in [3.63, 3.8) is 0 Å². The first kappa shape index (κ1) is 46.9. The van der Waals surface area contributed by atoms with Crippen LogP contribution in [0.25, 0.3) is 0 Å². The van der Waals surface area contributed by atoms with Gasteiger partial charge in [-0.05, 0) is 36.8 Å². The van der Waals surface area contributed by atoms with Gasteiger partial charge >= 0.3 is 23.9 Å². The van der Waals surface area contributed by atoms with Crippen LogP contribution in [0.15, 0.2) is 60.7 Å². The molecule has 57 heavy (non-hydrogen) atoms. The summed E-state index contributed by atoms with van der Waals surface area (Å²) in [6.45, 7) is 0.174. The smallest absolute Gasteiger partial charge is 0.323 e. The summed E-state index contributed by atoms with van der Waals surface area (Å²) in [4.78, 5) is 102. The fourth-order valence-electron chi connectivity index (χ4n) is 5.41. The predicted octanol–water partition coefficient (Wildman–Crippen LogP) is 1.65. The summed E-state index contributed by atoms with van der Waals surface area (Å²) in [7, 11) is 0. The van der Waals surface area contributed by atoms with Crippen LogP contribution in [0.5, 0.6) is 0 Å². The van der Waals surface area contributed by atoms with Gasteiger partial charge in [-0.2, -0.15) is 4.39 Å². The van der Waals surface area contributed by atoms with Gasteiger partial charge < -0.3 is 25.1 Å². The van der Waals surface area contributed by atoms with E-state index < -0.39 is 103 Å². The monoisotopic (exact) mass is 798 g/mol. The van der Waals surface area contributed by atoms with Crippen molar-refractivity contribution in [1.29, 1.82) is 10.8 Å². The number of hydrogen-bond acceptors (Lipinski definition) is 14. The van der Waals surface area contributed by atoms with Gasteiger partial charge in [-0.15, -0.1) is 0 Å². The molecule has 2 rings (SSSR count). The number of carbonyl (C=O) groups is 8. The van der Waals surface area contributed by atoms with E-state index in [0.29, 0.717) is 5.56 Å². The van der Waals surface area contributed by atoms with Crippen LogP contribution in [0.4, 0.5) is 4.39 Å². The zero-order valence-corrected chi connectivity index (χ0v) is 31.2. The van der Waals surface area contributed by atoms with Gasteiger partial charge in [0.1, 0.15) is 31.2 Å². The molecule has 0 aliphatic heterocycles. The molecule has 18 nitrogen and oxygen atoms in total. The third-order valence-electron chi connectivity index (χ3n) is 8.44. The van der Waals surface area contributed by atoms with Gasteiger partial charge in [0.2, 0.25) is 23.6 Å². The highest BCUT2D eigenvalue weighted by Crippen LogP contribution is 2.24. The van der Waals surface area contributed by atoms with Gasteiger partial charge in [0.25, 0.3) is 0 Å². The number of benzene rings is 2. The molecule has 308 valence electrons. The molecule has 0 aromatic heterocycles. The molecule has 0 radical (unpaired) electrons. The maximum atomic E-state index is 13.3. The highest BCUT2D eigenvalue weighted by Gasteiger charge is 2.46. The zero-order chi connectivity index (χ0) is 42.3. The lowest BCUT2D eigenvalue weighted by Gasteiger charge is -2.25. The molecule has 0 saturated carbocycles. The van der Waals surface area contributed by atoms with Crippen LogP contribution in [0, 0.1) is 28.6 Å². The van der Waals surface area contributed by atoms with Crippen molar-refractivity contribution in [3.05, 3.63) is 71.8 Å². The maximum Gasteiger partial charge on any atom is 0.323 e. The number of amides is 4. The summed E-state index contributed by atoms with van der Waals surface area (Å²) >= 11 is 0. The molecule has 0 spiro atoms. The van der Waals surface area contributed by atoms with Crippen LogP contribution in [-0.2, 0) is 61.0 Å². The highest BCUT2D eigenvalue weighted by molar-refractivity contribution is 6.12. The zero-order valence-electron chi connectivity index (χ0n) is 31.2. The lowest BCUT2D eigenvalue weighted by Crippen LogP contribution is -2.52. The minimum atomic E-state index is -2.38. The number of esters is 2. The lowest BCUT2D eigenvalue weighted by molar-refractivity contribution is -0.160. The number of imide groups is 2. The second-order valence-electron chi connectivity index (χ2n) is 12.8. The number of hydrogen-bond donors (Lipinski definition) is 8. The molecule has 5 atom stereocenters. The number of carboxylic acids is 2. The van der Waals surface area contributed by atoms with Crippen molar-refractivity contribution >= 4 is 59.7 Å². The quantitative estimate of drug-likeness (QED) is 0.0382. The molecule has 0 aliphatic rings. The topological polar surface area (TPSA) is 291 Å². The fourth-order valence-corrected chi connectivity index (χ4v) is 5.41. The first-order chi connectivity index (χ1) is 27.1. The number of carbonyl (C=O) groups excluding carboxylic acids is 6. The highest BCUT2D eigenvalue weighted by atomic mass is 19.1. The Labute approximate surface area is 327 Å². The molecule has 8 N–H and O–H groups in total. The first-order valence-corrected chi connectivity index (χ1v) is 17.9. The summed E-state index contributed by atoms with van der Waals surface area (Å²) in [6, 6.07) is 15.3. The van der Waals surface area contributed by atoms with Crippen molar-refractivity contribution in [2.24, 2.45) is 17.8 Å². The van der Waals surface area contributed by atoms with E-state index in [1.54, 1.807) is 60.7 Å². The minimum Gasteiger partial charge on any atom is -0.481 e. The van der Waals surface area contributed by atoms with Crippen molar-refractivity contribution < 1.29 is 62.4 Å².